The predicted octanol–water partition coefficient (Wildman–Crippen LogP) is 5.04. The zero-order valence-corrected chi connectivity index (χ0v) is 17.2. The number of carbonyl (C=O) groups excluding carboxylic acids is 1. The maximum atomic E-state index is 13.2. The molecule has 3 saturated heterocycles. The van der Waals surface area contributed by atoms with E-state index in [9.17, 15) is 4.79 Å². The molecule has 2 aromatic carbocycles. The van der Waals surface area contributed by atoms with E-state index in [1.54, 1.807) is 0 Å². The number of piperidine rings is 1. The Labute approximate surface area is 171 Å². The zero-order valence-electron chi connectivity index (χ0n) is 16.3. The van der Waals surface area contributed by atoms with Gasteiger partial charge in [-0.3, -0.25) is 4.79 Å². The van der Waals surface area contributed by atoms with Gasteiger partial charge in [0.25, 0.3) is 5.91 Å². The Balaban J connectivity index is 1.27. The summed E-state index contributed by atoms with van der Waals surface area (Å²) in [6.45, 7) is 2.14. The molecule has 0 aromatic heterocycles. The van der Waals surface area contributed by atoms with Crippen LogP contribution in [-0.2, 0) is 0 Å². The van der Waals surface area contributed by atoms with Gasteiger partial charge < -0.3 is 9.64 Å². The van der Waals surface area contributed by atoms with E-state index < -0.39 is 0 Å². The number of carbonyl (C=O) groups is 1. The van der Waals surface area contributed by atoms with Crippen LogP contribution in [0.2, 0.25) is 0 Å². The minimum atomic E-state index is 0.195. The number of ether oxygens (including phenoxy) is 1. The second-order valence-corrected chi connectivity index (χ2v) is 9.55. The second-order valence-electron chi connectivity index (χ2n) is 8.48. The summed E-state index contributed by atoms with van der Waals surface area (Å²) >= 11 is 1.91. The molecule has 5 rings (SSSR count). The van der Waals surface area contributed by atoms with E-state index in [0.717, 1.165) is 48.5 Å². The highest BCUT2D eigenvalue weighted by molar-refractivity contribution is 8.00. The molecule has 2 aromatic rings. The average Bonchev–Trinajstić information content (AvgIpc) is 2.94. The molecule has 0 radical (unpaired) electrons. The molecule has 1 amide bonds. The molecule has 146 valence electrons. The molecular formula is C24H27NO2S. The molecule has 3 atom stereocenters. The summed E-state index contributed by atoms with van der Waals surface area (Å²) in [5.74, 6) is 3.79. The molecule has 3 fully saturated rings. The lowest BCUT2D eigenvalue weighted by Crippen LogP contribution is -2.46. The maximum absolute atomic E-state index is 13.2. The van der Waals surface area contributed by atoms with Gasteiger partial charge in [0.15, 0.2) is 0 Å². The van der Waals surface area contributed by atoms with Crippen LogP contribution in [0.5, 0.6) is 5.75 Å². The van der Waals surface area contributed by atoms with Crippen molar-refractivity contribution < 1.29 is 9.53 Å². The summed E-state index contributed by atoms with van der Waals surface area (Å²) in [5, 5.41) is 0. The molecule has 1 unspecified atom stereocenters. The average molecular weight is 394 g/mol. The quantitative estimate of drug-likeness (QED) is 0.729. The first-order valence-corrected chi connectivity index (χ1v) is 11.6. The summed E-state index contributed by atoms with van der Waals surface area (Å²) in [6, 6.07) is 17.5. The molecule has 3 aliphatic heterocycles. The van der Waals surface area contributed by atoms with Crippen LogP contribution in [0.25, 0.3) is 0 Å². The Bertz CT molecular complexity index is 830. The zero-order chi connectivity index (χ0) is 19.1. The van der Waals surface area contributed by atoms with Crippen LogP contribution < -0.4 is 4.74 Å². The highest BCUT2D eigenvalue weighted by atomic mass is 32.2. The molecule has 0 N–H and O–H groups in total. The Hall–Kier alpha value is -1.94. The van der Waals surface area contributed by atoms with Crippen LogP contribution in [-0.4, -0.2) is 40.5 Å². The van der Waals surface area contributed by atoms with Crippen LogP contribution in [0.3, 0.4) is 0 Å². The molecule has 3 aliphatic rings. The number of rotatable bonds is 4. The fourth-order valence-corrected chi connectivity index (χ4v) is 5.48. The molecule has 0 aliphatic carbocycles. The molecule has 0 spiro atoms. The number of fused-ring (bicyclic) bond motifs is 2. The van der Waals surface area contributed by atoms with Crippen molar-refractivity contribution in [3.05, 3.63) is 65.2 Å². The number of amides is 1. The van der Waals surface area contributed by atoms with Gasteiger partial charge in [-0.1, -0.05) is 29.8 Å². The lowest BCUT2D eigenvalue weighted by atomic mass is 9.84. The molecule has 3 nitrogen and oxygen atoms in total. The smallest absolute Gasteiger partial charge is 0.254 e. The van der Waals surface area contributed by atoms with Crippen LogP contribution in [0, 0.1) is 6.92 Å². The van der Waals surface area contributed by atoms with Crippen molar-refractivity contribution in [1.82, 2.24) is 4.90 Å². The van der Waals surface area contributed by atoms with Gasteiger partial charge in [-0.15, -0.1) is 0 Å². The summed E-state index contributed by atoms with van der Waals surface area (Å²) in [7, 11) is 0. The Kier molecular flexibility index (Phi) is 4.83. The van der Waals surface area contributed by atoms with E-state index in [1.807, 2.05) is 36.0 Å². The maximum Gasteiger partial charge on any atom is 0.254 e. The first-order valence-electron chi connectivity index (χ1n) is 10.4. The van der Waals surface area contributed by atoms with Crippen molar-refractivity contribution in [2.45, 2.75) is 56.7 Å². The van der Waals surface area contributed by atoms with E-state index in [0.29, 0.717) is 24.1 Å². The van der Waals surface area contributed by atoms with E-state index >= 15 is 0 Å². The Morgan fingerprint density at radius 1 is 0.964 bits per heavy atom. The van der Waals surface area contributed by atoms with Crippen LogP contribution >= 0.6 is 11.8 Å². The summed E-state index contributed by atoms with van der Waals surface area (Å²) < 4.78 is 5.91. The standard InChI is InChI=1S/C24H27NO2S/c1-16-2-4-17(5-3-16)19-12-20-8-9-21(13-19)25(20)24(26)18-6-10-22(11-7-18)27-23-14-28-15-23/h2-7,10-11,19-21,23H,8-9,12-15H2,1H3/t19?,20-,21+. The third-order valence-corrected chi connectivity index (χ3v) is 7.74. The predicted molar refractivity (Wildman–Crippen MR) is 114 cm³/mol. The van der Waals surface area contributed by atoms with E-state index in [4.69, 9.17) is 4.74 Å². The molecular weight excluding hydrogens is 366 g/mol. The fourth-order valence-electron chi connectivity index (χ4n) is 4.92. The van der Waals surface area contributed by atoms with Gasteiger partial charge in [0.1, 0.15) is 11.9 Å². The lowest BCUT2D eigenvalue weighted by Gasteiger charge is -2.39. The van der Waals surface area contributed by atoms with Crippen molar-refractivity contribution in [3.63, 3.8) is 0 Å². The monoisotopic (exact) mass is 393 g/mol. The van der Waals surface area contributed by atoms with Gasteiger partial charge >= 0.3 is 0 Å². The molecule has 4 heteroatoms. The van der Waals surface area contributed by atoms with E-state index in [2.05, 4.69) is 36.1 Å². The van der Waals surface area contributed by atoms with Crippen molar-refractivity contribution >= 4 is 17.7 Å². The van der Waals surface area contributed by atoms with Crippen molar-refractivity contribution in [2.24, 2.45) is 0 Å². The minimum Gasteiger partial charge on any atom is -0.489 e. The van der Waals surface area contributed by atoms with Crippen molar-refractivity contribution in [2.75, 3.05) is 11.5 Å². The van der Waals surface area contributed by atoms with Crippen LogP contribution in [0.4, 0.5) is 0 Å². The number of hydrogen-bond donors (Lipinski definition) is 0. The molecule has 0 saturated carbocycles. The summed E-state index contributed by atoms with van der Waals surface area (Å²) in [4.78, 5) is 15.4. The normalized spacial score (nSPS) is 26.8. The van der Waals surface area contributed by atoms with Crippen molar-refractivity contribution in [1.29, 1.82) is 0 Å². The summed E-state index contributed by atoms with van der Waals surface area (Å²) in [5.41, 5.74) is 3.54. The highest BCUT2D eigenvalue weighted by Crippen LogP contribution is 2.43. The van der Waals surface area contributed by atoms with Crippen molar-refractivity contribution in [3.8, 4) is 5.75 Å². The summed E-state index contributed by atoms with van der Waals surface area (Å²) in [6.07, 6.45) is 4.79. The number of thioether (sulfide) groups is 1. The Morgan fingerprint density at radius 3 is 2.18 bits per heavy atom. The third kappa shape index (κ3) is 3.43. The highest BCUT2D eigenvalue weighted by Gasteiger charge is 2.43. The van der Waals surface area contributed by atoms with Gasteiger partial charge in [0.2, 0.25) is 0 Å². The SMILES string of the molecule is Cc1ccc(C2C[C@H]3CC[C@@H](C2)N3C(=O)c2ccc(OC3CSC3)cc2)cc1. The van der Waals surface area contributed by atoms with Crippen LogP contribution in [0.1, 0.15) is 53.1 Å². The van der Waals surface area contributed by atoms with E-state index in [1.165, 1.54) is 11.1 Å². The number of benzene rings is 2. The number of hydrogen-bond acceptors (Lipinski definition) is 3. The van der Waals surface area contributed by atoms with E-state index in [-0.39, 0.29) is 5.91 Å². The largest absolute Gasteiger partial charge is 0.489 e. The van der Waals surface area contributed by atoms with Gasteiger partial charge in [0, 0.05) is 29.2 Å². The van der Waals surface area contributed by atoms with Crippen LogP contribution in [0.15, 0.2) is 48.5 Å². The third-order valence-electron chi connectivity index (χ3n) is 6.53. The first-order chi connectivity index (χ1) is 13.7. The fraction of sp³-hybridized carbons (Fsp3) is 0.458. The van der Waals surface area contributed by atoms with Gasteiger partial charge in [-0.05, 0) is 68.4 Å². The number of nitrogens with zero attached hydrogens (tertiary/aromatic N) is 1. The lowest BCUT2D eigenvalue weighted by molar-refractivity contribution is 0.0571. The minimum absolute atomic E-state index is 0.195. The Morgan fingerprint density at radius 2 is 1.61 bits per heavy atom. The molecule has 3 heterocycles. The second kappa shape index (κ2) is 7.47. The first kappa shape index (κ1) is 18.1. The molecule has 28 heavy (non-hydrogen) atoms. The molecule has 2 bridgehead atoms. The number of aryl methyl sites for hydroxylation is 1. The van der Waals surface area contributed by atoms with Gasteiger partial charge in [0.05, 0.1) is 0 Å². The van der Waals surface area contributed by atoms with Gasteiger partial charge in [-0.25, -0.2) is 0 Å². The topological polar surface area (TPSA) is 29.5 Å². The van der Waals surface area contributed by atoms with Gasteiger partial charge in [-0.2, -0.15) is 11.8 Å².